The maximum absolute atomic E-state index is 15.2. The Morgan fingerprint density at radius 3 is 2.59 bits per heavy atom. The van der Waals surface area contributed by atoms with E-state index in [4.69, 9.17) is 4.74 Å². The van der Waals surface area contributed by atoms with Gasteiger partial charge in [0.2, 0.25) is 0 Å². The van der Waals surface area contributed by atoms with Crippen LogP contribution in [0.2, 0.25) is 0 Å². The van der Waals surface area contributed by atoms with Gasteiger partial charge in [-0.15, -0.1) is 0 Å². The van der Waals surface area contributed by atoms with Crippen LogP contribution in [0.25, 0.3) is 11.1 Å². The monoisotopic (exact) mass is 501 g/mol. The number of aromatic nitrogens is 1. The van der Waals surface area contributed by atoms with Crippen molar-refractivity contribution in [2.24, 2.45) is 11.8 Å². The van der Waals surface area contributed by atoms with Crippen molar-refractivity contribution in [3.05, 3.63) is 82.9 Å². The van der Waals surface area contributed by atoms with Crippen molar-refractivity contribution in [1.29, 1.82) is 0 Å². The lowest BCUT2D eigenvalue weighted by molar-refractivity contribution is -0.0349. The fourth-order valence-electron chi connectivity index (χ4n) is 5.62. The molecule has 1 aromatic heterocycles. The van der Waals surface area contributed by atoms with Gasteiger partial charge >= 0.3 is 0 Å². The second kappa shape index (κ2) is 10.1. The summed E-state index contributed by atoms with van der Waals surface area (Å²) in [5.74, 6) is -0.405. The maximum Gasteiger partial charge on any atom is 0.251 e. The molecule has 2 aliphatic rings. The van der Waals surface area contributed by atoms with Gasteiger partial charge in [0.25, 0.3) is 5.91 Å². The van der Waals surface area contributed by atoms with Crippen LogP contribution in [0, 0.1) is 24.6 Å². The molecule has 1 saturated heterocycles. The fourth-order valence-corrected chi connectivity index (χ4v) is 5.62. The molecule has 1 spiro atoms. The quantitative estimate of drug-likeness (QED) is 0.509. The van der Waals surface area contributed by atoms with E-state index in [2.05, 4.69) is 29.5 Å². The molecule has 0 bridgehead atoms. The lowest BCUT2D eigenvalue weighted by Crippen LogP contribution is -2.57. The van der Waals surface area contributed by atoms with E-state index in [0.717, 1.165) is 37.2 Å². The topological polar surface area (TPSA) is 80.3 Å². The zero-order valence-electron chi connectivity index (χ0n) is 21.4. The molecule has 2 N–H and O–H groups in total. The molecule has 0 aliphatic carbocycles. The van der Waals surface area contributed by atoms with E-state index >= 15 is 4.39 Å². The van der Waals surface area contributed by atoms with Gasteiger partial charge in [0.1, 0.15) is 17.2 Å². The predicted molar refractivity (Wildman–Crippen MR) is 140 cm³/mol. The van der Waals surface area contributed by atoms with Crippen molar-refractivity contribution in [1.82, 2.24) is 15.6 Å². The van der Waals surface area contributed by atoms with Crippen LogP contribution in [0.5, 0.6) is 5.75 Å². The zero-order chi connectivity index (χ0) is 26.2. The van der Waals surface area contributed by atoms with Gasteiger partial charge in [-0.25, -0.2) is 4.39 Å². The maximum atomic E-state index is 15.2. The Labute approximate surface area is 216 Å². The smallest absolute Gasteiger partial charge is 0.251 e. The molecule has 0 saturated carbocycles. The summed E-state index contributed by atoms with van der Waals surface area (Å²) in [6, 6.07) is 13.5. The van der Waals surface area contributed by atoms with Crippen molar-refractivity contribution in [2.45, 2.75) is 45.8 Å². The average Bonchev–Trinajstić information content (AvgIpc) is 2.88. The third kappa shape index (κ3) is 4.88. The van der Waals surface area contributed by atoms with E-state index in [1.54, 1.807) is 36.5 Å². The zero-order valence-corrected chi connectivity index (χ0v) is 21.4. The summed E-state index contributed by atoms with van der Waals surface area (Å²) in [6.45, 7) is 7.95. The molecule has 6 nitrogen and oxygen atoms in total. The summed E-state index contributed by atoms with van der Waals surface area (Å²) in [7, 11) is 0. The Morgan fingerprint density at radius 1 is 1.14 bits per heavy atom. The number of aryl methyl sites for hydroxylation is 1. The molecular weight excluding hydrogens is 469 g/mol. The van der Waals surface area contributed by atoms with Gasteiger partial charge in [-0.05, 0) is 67.4 Å². The van der Waals surface area contributed by atoms with E-state index in [0.29, 0.717) is 29.0 Å². The number of nitrogens with one attached hydrogen (secondary N) is 2. The summed E-state index contributed by atoms with van der Waals surface area (Å²) in [5.41, 5.74) is 2.89. The van der Waals surface area contributed by atoms with E-state index in [-0.39, 0.29) is 29.1 Å². The van der Waals surface area contributed by atoms with Gasteiger partial charge in [0, 0.05) is 42.4 Å². The summed E-state index contributed by atoms with van der Waals surface area (Å²) < 4.78 is 21.7. The number of piperidine rings is 1. The van der Waals surface area contributed by atoms with Crippen molar-refractivity contribution >= 4 is 11.7 Å². The number of hydrogen-bond acceptors (Lipinski definition) is 5. The van der Waals surface area contributed by atoms with Crippen LogP contribution in [-0.2, 0) is 6.54 Å². The first kappa shape index (κ1) is 25.1. The Kier molecular flexibility index (Phi) is 6.82. The summed E-state index contributed by atoms with van der Waals surface area (Å²) in [4.78, 5) is 30.5. The molecule has 2 aromatic carbocycles. The highest BCUT2D eigenvalue weighted by molar-refractivity contribution is 6.03. The number of halogens is 1. The number of pyridine rings is 1. The van der Waals surface area contributed by atoms with Crippen molar-refractivity contribution < 1.29 is 18.7 Å². The molecule has 7 heteroatoms. The standard InChI is InChI=1S/C30H32FN3O3/c1-18(2)27-28(35)24-14-21(7-9-26(24)37-30(27)10-12-32-13-11-30)23-8-6-22(15-25(23)31)29(36)34-17-20-5-4-19(3)33-16-20/h4-9,14-16,18,27,32H,10-13,17H2,1-3H3,(H,34,36)/t27-/m0/s1. The number of ether oxygens (including phenoxy) is 1. The lowest BCUT2D eigenvalue weighted by Gasteiger charge is -2.47. The van der Waals surface area contributed by atoms with E-state index in [1.807, 2.05) is 19.1 Å². The third-order valence-electron chi connectivity index (χ3n) is 7.49. The Bertz CT molecular complexity index is 1330. The minimum absolute atomic E-state index is 0.0574. The Balaban J connectivity index is 1.38. The first-order valence-electron chi connectivity index (χ1n) is 12.8. The number of rotatable bonds is 5. The summed E-state index contributed by atoms with van der Waals surface area (Å²) >= 11 is 0. The van der Waals surface area contributed by atoms with Crippen LogP contribution < -0.4 is 15.4 Å². The Morgan fingerprint density at radius 2 is 1.92 bits per heavy atom. The van der Waals surface area contributed by atoms with Crippen LogP contribution in [0.15, 0.2) is 54.7 Å². The highest BCUT2D eigenvalue weighted by atomic mass is 19.1. The lowest BCUT2D eigenvalue weighted by atomic mass is 9.69. The SMILES string of the molecule is Cc1ccc(CNC(=O)c2ccc(-c3ccc4c(c3)C(=O)[C@H](C(C)C)C3(CCNCC3)O4)c(F)c2)cn1. The summed E-state index contributed by atoms with van der Waals surface area (Å²) in [6.07, 6.45) is 3.26. The molecule has 1 fully saturated rings. The van der Waals surface area contributed by atoms with Gasteiger partial charge in [-0.1, -0.05) is 32.0 Å². The molecule has 0 radical (unpaired) electrons. The van der Waals surface area contributed by atoms with Crippen molar-refractivity contribution in [2.75, 3.05) is 13.1 Å². The summed E-state index contributed by atoms with van der Waals surface area (Å²) in [5, 5.41) is 6.16. The number of benzene rings is 2. The molecule has 0 unspecified atom stereocenters. The van der Waals surface area contributed by atoms with E-state index in [9.17, 15) is 9.59 Å². The first-order chi connectivity index (χ1) is 17.8. The number of Topliss-reactive ketones (excluding diaryl/α,β-unsaturated/α-hetero) is 1. The predicted octanol–water partition coefficient (Wildman–Crippen LogP) is 5.10. The number of nitrogens with zero attached hydrogens (tertiary/aromatic N) is 1. The average molecular weight is 502 g/mol. The van der Waals surface area contributed by atoms with Crippen molar-refractivity contribution in [3.8, 4) is 16.9 Å². The molecule has 1 amide bonds. The Hall–Kier alpha value is -3.58. The largest absolute Gasteiger partial charge is 0.486 e. The molecular formula is C30H32FN3O3. The number of fused-ring (bicyclic) bond motifs is 1. The third-order valence-corrected chi connectivity index (χ3v) is 7.49. The van der Waals surface area contributed by atoms with Crippen LogP contribution in [0.1, 0.15) is 58.7 Å². The minimum atomic E-state index is -0.524. The molecule has 3 heterocycles. The molecule has 2 aliphatic heterocycles. The minimum Gasteiger partial charge on any atom is -0.486 e. The number of amides is 1. The molecule has 3 aromatic rings. The van der Waals surface area contributed by atoms with Crippen molar-refractivity contribution in [3.63, 3.8) is 0 Å². The van der Waals surface area contributed by atoms with E-state index in [1.165, 1.54) is 6.07 Å². The number of carbonyl (C=O) groups is 2. The van der Waals surface area contributed by atoms with Crippen LogP contribution in [-0.4, -0.2) is 35.4 Å². The van der Waals surface area contributed by atoms with Crippen LogP contribution in [0.3, 0.4) is 0 Å². The van der Waals surface area contributed by atoms with Crippen LogP contribution in [0.4, 0.5) is 4.39 Å². The second-order valence-electron chi connectivity index (χ2n) is 10.4. The van der Waals surface area contributed by atoms with Gasteiger partial charge in [-0.3, -0.25) is 14.6 Å². The van der Waals surface area contributed by atoms with Crippen LogP contribution >= 0.6 is 0 Å². The highest BCUT2D eigenvalue weighted by Gasteiger charge is 2.51. The molecule has 1 atom stereocenters. The molecule has 37 heavy (non-hydrogen) atoms. The first-order valence-corrected chi connectivity index (χ1v) is 12.8. The highest BCUT2D eigenvalue weighted by Crippen LogP contribution is 2.46. The van der Waals surface area contributed by atoms with Gasteiger partial charge < -0.3 is 15.4 Å². The van der Waals surface area contributed by atoms with Gasteiger partial charge in [0.05, 0.1) is 11.5 Å². The van der Waals surface area contributed by atoms with Gasteiger partial charge in [-0.2, -0.15) is 0 Å². The van der Waals surface area contributed by atoms with E-state index < -0.39 is 11.4 Å². The second-order valence-corrected chi connectivity index (χ2v) is 10.4. The fraction of sp³-hybridized carbons (Fsp3) is 0.367. The number of ketones is 1. The molecule has 5 rings (SSSR count). The number of carbonyl (C=O) groups excluding carboxylic acids is 2. The normalized spacial score (nSPS) is 18.4. The number of hydrogen-bond donors (Lipinski definition) is 2. The van der Waals surface area contributed by atoms with Gasteiger partial charge in [0.15, 0.2) is 5.78 Å². The molecule has 192 valence electrons.